The fraction of sp³-hybridized carbons (Fsp3) is 0.250. The first-order chi connectivity index (χ1) is 16.2. The number of allylic oxidation sites excluding steroid dienone is 2. The third kappa shape index (κ3) is 4.09. The predicted octanol–water partition coefficient (Wildman–Crippen LogP) is 3.17. The minimum absolute atomic E-state index is 0.0739. The minimum atomic E-state index is -0.917. The highest BCUT2D eigenvalue weighted by atomic mass is 19.1. The van der Waals surface area contributed by atoms with Gasteiger partial charge in [0.15, 0.2) is 5.78 Å². The molecule has 0 spiro atoms. The molecule has 0 bridgehead atoms. The van der Waals surface area contributed by atoms with Gasteiger partial charge in [-0.2, -0.15) is 5.01 Å². The molecule has 1 aliphatic heterocycles. The number of benzene rings is 2. The second-order valence-corrected chi connectivity index (χ2v) is 8.24. The quantitative estimate of drug-likeness (QED) is 0.213. The first-order valence-electron chi connectivity index (χ1n) is 10.6. The van der Waals surface area contributed by atoms with Gasteiger partial charge in [0.05, 0.1) is 16.8 Å². The van der Waals surface area contributed by atoms with E-state index in [9.17, 15) is 33.7 Å². The van der Waals surface area contributed by atoms with E-state index in [1.807, 2.05) is 6.08 Å². The first-order valence-corrected chi connectivity index (χ1v) is 10.6. The van der Waals surface area contributed by atoms with E-state index in [1.54, 1.807) is 13.0 Å². The lowest BCUT2D eigenvalue weighted by molar-refractivity contribution is -0.384. The molecule has 10 heteroatoms. The topological polar surface area (TPSA) is 118 Å². The van der Waals surface area contributed by atoms with E-state index in [2.05, 4.69) is 0 Å². The van der Waals surface area contributed by atoms with E-state index in [4.69, 9.17) is 0 Å². The molecular weight excluding hydrogens is 445 g/mol. The third-order valence-corrected chi connectivity index (χ3v) is 6.09. The minimum Gasteiger partial charge on any atom is -0.292 e. The molecule has 0 radical (unpaired) electrons. The van der Waals surface area contributed by atoms with Crippen LogP contribution in [-0.4, -0.2) is 45.0 Å². The van der Waals surface area contributed by atoms with Crippen LogP contribution < -0.4 is 0 Å². The van der Waals surface area contributed by atoms with E-state index in [1.165, 1.54) is 30.3 Å². The average Bonchev–Trinajstić information content (AvgIpc) is 3.08. The van der Waals surface area contributed by atoms with Crippen molar-refractivity contribution in [3.8, 4) is 0 Å². The number of amides is 3. The number of Topliss-reactive ketones (excluding diaryl/α,β-unsaturated/α-hetero) is 1. The summed E-state index contributed by atoms with van der Waals surface area (Å²) in [5.41, 5.74) is -0.450. The van der Waals surface area contributed by atoms with Crippen LogP contribution in [0.5, 0.6) is 0 Å². The number of nitrogens with zero attached hydrogens (tertiary/aromatic N) is 3. The van der Waals surface area contributed by atoms with E-state index in [0.717, 1.165) is 23.2 Å². The fourth-order valence-electron chi connectivity index (χ4n) is 4.37. The standard InChI is InChI=1S/C24H20FN3O6/c1-14-4-2-7-19-21(14)24(32)27(23(19)31)26(13-20(29)15-8-10-17(25)11-9-15)22(30)16-5-3-6-18(12-16)28(33)34/h2-6,8-12,14,19,21H,7,13H2,1H3/t14-,19-,21+/m1/s1. The number of carbonyl (C=O) groups excluding carboxylic acids is 4. The van der Waals surface area contributed by atoms with E-state index in [-0.39, 0.29) is 22.7 Å². The van der Waals surface area contributed by atoms with Crippen molar-refractivity contribution in [2.24, 2.45) is 17.8 Å². The normalized spacial score (nSPS) is 21.4. The summed E-state index contributed by atoms with van der Waals surface area (Å²) in [6, 6.07) is 9.42. The molecule has 0 unspecified atom stereocenters. The van der Waals surface area contributed by atoms with Crippen molar-refractivity contribution in [3.05, 3.63) is 87.7 Å². The summed E-state index contributed by atoms with van der Waals surface area (Å²) in [4.78, 5) is 63.4. The van der Waals surface area contributed by atoms with Crippen molar-refractivity contribution in [3.63, 3.8) is 0 Å². The molecule has 3 atom stereocenters. The molecule has 0 aromatic heterocycles. The largest absolute Gasteiger partial charge is 0.292 e. The Morgan fingerprint density at radius 3 is 2.47 bits per heavy atom. The number of rotatable bonds is 6. The maximum absolute atomic E-state index is 13.4. The van der Waals surface area contributed by atoms with Crippen LogP contribution in [0.3, 0.4) is 0 Å². The van der Waals surface area contributed by atoms with Crippen LogP contribution in [0, 0.1) is 33.7 Å². The van der Waals surface area contributed by atoms with Crippen LogP contribution in [0.25, 0.3) is 0 Å². The van der Waals surface area contributed by atoms with Gasteiger partial charge in [-0.05, 0) is 42.7 Å². The van der Waals surface area contributed by atoms with Gasteiger partial charge in [0.1, 0.15) is 12.4 Å². The van der Waals surface area contributed by atoms with Gasteiger partial charge in [0.25, 0.3) is 23.4 Å². The van der Waals surface area contributed by atoms with Crippen LogP contribution in [-0.2, 0) is 9.59 Å². The highest BCUT2D eigenvalue weighted by Gasteiger charge is 2.53. The zero-order valence-electron chi connectivity index (χ0n) is 18.1. The highest BCUT2D eigenvalue weighted by molar-refractivity contribution is 6.10. The van der Waals surface area contributed by atoms with Crippen molar-refractivity contribution in [1.29, 1.82) is 0 Å². The molecular formula is C24H20FN3O6. The molecule has 1 fully saturated rings. The van der Waals surface area contributed by atoms with Gasteiger partial charge < -0.3 is 0 Å². The summed E-state index contributed by atoms with van der Waals surface area (Å²) < 4.78 is 13.3. The van der Waals surface area contributed by atoms with Crippen molar-refractivity contribution >= 4 is 29.2 Å². The summed E-state index contributed by atoms with van der Waals surface area (Å²) >= 11 is 0. The summed E-state index contributed by atoms with van der Waals surface area (Å²) in [5, 5.41) is 12.6. The highest BCUT2D eigenvalue weighted by Crippen LogP contribution is 2.39. The molecule has 0 N–H and O–H groups in total. The molecule has 2 aromatic rings. The Labute approximate surface area is 193 Å². The van der Waals surface area contributed by atoms with Gasteiger partial charge >= 0.3 is 0 Å². The number of hydrazine groups is 1. The van der Waals surface area contributed by atoms with Gasteiger partial charge in [-0.3, -0.25) is 29.3 Å². The Balaban J connectivity index is 1.73. The zero-order valence-corrected chi connectivity index (χ0v) is 18.1. The number of hydrogen-bond donors (Lipinski definition) is 0. The zero-order chi connectivity index (χ0) is 24.6. The second kappa shape index (κ2) is 8.97. The number of halogens is 1. The summed E-state index contributed by atoms with van der Waals surface area (Å²) in [7, 11) is 0. The molecule has 1 heterocycles. The summed E-state index contributed by atoms with van der Waals surface area (Å²) in [6.07, 6.45) is 3.95. The second-order valence-electron chi connectivity index (χ2n) is 8.24. The van der Waals surface area contributed by atoms with Gasteiger partial charge in [0, 0.05) is 23.3 Å². The lowest BCUT2D eigenvalue weighted by atomic mass is 9.78. The number of fused-ring (bicyclic) bond motifs is 1. The van der Waals surface area contributed by atoms with Crippen LogP contribution in [0.15, 0.2) is 60.7 Å². The Morgan fingerprint density at radius 2 is 1.82 bits per heavy atom. The first kappa shape index (κ1) is 23.0. The van der Waals surface area contributed by atoms with Crippen LogP contribution >= 0.6 is 0 Å². The molecule has 0 saturated carbocycles. The van der Waals surface area contributed by atoms with Crippen LogP contribution in [0.2, 0.25) is 0 Å². The van der Waals surface area contributed by atoms with Crippen molar-refractivity contribution < 1.29 is 28.5 Å². The number of carbonyl (C=O) groups is 4. The Bertz CT molecular complexity index is 1230. The summed E-state index contributed by atoms with van der Waals surface area (Å²) in [5.74, 6) is -4.94. The van der Waals surface area contributed by atoms with E-state index < -0.39 is 52.6 Å². The molecule has 34 heavy (non-hydrogen) atoms. The van der Waals surface area contributed by atoms with E-state index in [0.29, 0.717) is 11.4 Å². The SMILES string of the molecule is C[C@@H]1C=CC[C@H]2C(=O)N(N(CC(=O)c3ccc(F)cc3)C(=O)c3cccc([N+](=O)[O-])c3)C(=O)[C@@H]12. The summed E-state index contributed by atoms with van der Waals surface area (Å²) in [6.45, 7) is 1.10. The van der Waals surface area contributed by atoms with Crippen molar-refractivity contribution in [2.75, 3.05) is 6.54 Å². The molecule has 4 rings (SSSR count). The van der Waals surface area contributed by atoms with Crippen molar-refractivity contribution in [2.45, 2.75) is 13.3 Å². The Kier molecular flexibility index (Phi) is 6.06. The molecule has 2 aliphatic rings. The predicted molar refractivity (Wildman–Crippen MR) is 117 cm³/mol. The van der Waals surface area contributed by atoms with Gasteiger partial charge in [-0.15, -0.1) is 0 Å². The Morgan fingerprint density at radius 1 is 1.12 bits per heavy atom. The number of imide groups is 1. The molecule has 3 amide bonds. The lowest BCUT2D eigenvalue weighted by Crippen LogP contribution is -2.52. The van der Waals surface area contributed by atoms with Crippen molar-refractivity contribution in [1.82, 2.24) is 10.0 Å². The number of ketones is 1. The van der Waals surface area contributed by atoms with Crippen LogP contribution in [0.4, 0.5) is 10.1 Å². The average molecular weight is 465 g/mol. The monoisotopic (exact) mass is 465 g/mol. The molecule has 1 saturated heterocycles. The van der Waals surface area contributed by atoms with Gasteiger partial charge in [0.2, 0.25) is 0 Å². The maximum Gasteiger partial charge on any atom is 0.273 e. The fourth-order valence-corrected chi connectivity index (χ4v) is 4.37. The number of nitro benzene ring substituents is 1. The molecule has 1 aliphatic carbocycles. The molecule has 2 aromatic carbocycles. The number of hydrogen-bond acceptors (Lipinski definition) is 6. The lowest BCUT2D eigenvalue weighted by Gasteiger charge is -2.30. The van der Waals surface area contributed by atoms with Gasteiger partial charge in [-0.1, -0.05) is 25.1 Å². The maximum atomic E-state index is 13.4. The molecule has 174 valence electrons. The smallest absolute Gasteiger partial charge is 0.273 e. The molecule has 9 nitrogen and oxygen atoms in total. The number of non-ortho nitro benzene ring substituents is 1. The number of nitro groups is 1. The van der Waals surface area contributed by atoms with Gasteiger partial charge in [-0.25, -0.2) is 9.40 Å². The Hall–Kier alpha value is -4.21. The van der Waals surface area contributed by atoms with E-state index >= 15 is 0 Å². The third-order valence-electron chi connectivity index (χ3n) is 6.09. The van der Waals surface area contributed by atoms with Crippen LogP contribution in [0.1, 0.15) is 34.1 Å².